The fourth-order valence-corrected chi connectivity index (χ4v) is 4.79. The molecule has 210 valence electrons. The monoisotopic (exact) mass is 521 g/mol. The first-order valence-corrected chi connectivity index (χ1v) is 14.3. The molecular weight excluding hydrogens is 474 g/mol. The molecule has 1 atom stereocenters. The molecule has 1 unspecified atom stereocenters. The molecule has 0 aromatic carbocycles. The van der Waals surface area contributed by atoms with Gasteiger partial charge < -0.3 is 20.0 Å². The van der Waals surface area contributed by atoms with Crippen LogP contribution in [0.4, 0.5) is 5.82 Å². The molecule has 0 aliphatic carbocycles. The summed E-state index contributed by atoms with van der Waals surface area (Å²) in [6, 6.07) is 3.61. The van der Waals surface area contributed by atoms with Crippen molar-refractivity contribution >= 4 is 11.7 Å². The van der Waals surface area contributed by atoms with Crippen molar-refractivity contribution < 1.29 is 19.8 Å². The molecule has 10 nitrogen and oxygen atoms in total. The van der Waals surface area contributed by atoms with Crippen LogP contribution < -0.4 is 9.96 Å². The van der Waals surface area contributed by atoms with Crippen LogP contribution in [0, 0.1) is 15.3 Å². The zero-order valence-corrected chi connectivity index (χ0v) is 22.7. The highest BCUT2D eigenvalue weighted by molar-refractivity contribution is 5.87. The molecule has 0 bridgehead atoms. The molecule has 0 spiro atoms. The standard InChI is InChI=1S/C27H47N5O5/c1-2-17-29-19-21-30(22-20-29)26-16-15-25(24-28-26)27(33)31(34)18-13-11-9-7-5-3-4-6-8-10-12-14-23-37-32(35)36/h15-16,24,31H,2-14,17-23H2,1H3. The second kappa shape index (κ2) is 18.9. The van der Waals surface area contributed by atoms with E-state index in [0.717, 1.165) is 77.1 Å². The second-order valence-corrected chi connectivity index (χ2v) is 10.0. The third-order valence-electron chi connectivity index (χ3n) is 6.99. The molecule has 1 aromatic heterocycles. The van der Waals surface area contributed by atoms with Gasteiger partial charge >= 0.3 is 5.91 Å². The molecule has 1 aliphatic rings. The molecule has 2 rings (SSSR count). The van der Waals surface area contributed by atoms with Crippen molar-refractivity contribution in [2.45, 2.75) is 90.4 Å². The van der Waals surface area contributed by atoms with E-state index in [9.17, 15) is 20.1 Å². The number of hydrogen-bond acceptors (Lipinski definition) is 8. The van der Waals surface area contributed by atoms with Crippen LogP contribution >= 0.6 is 0 Å². The third kappa shape index (κ3) is 13.2. The summed E-state index contributed by atoms with van der Waals surface area (Å²) in [4.78, 5) is 36.0. The van der Waals surface area contributed by atoms with Crippen molar-refractivity contribution in [3.05, 3.63) is 39.2 Å². The van der Waals surface area contributed by atoms with Gasteiger partial charge in [-0.1, -0.05) is 64.7 Å². The highest BCUT2D eigenvalue weighted by Gasteiger charge is 2.19. The van der Waals surface area contributed by atoms with Crippen LogP contribution in [0.5, 0.6) is 0 Å². The summed E-state index contributed by atoms with van der Waals surface area (Å²) in [5, 5.41) is 21.4. The Morgan fingerprint density at radius 1 is 0.946 bits per heavy atom. The van der Waals surface area contributed by atoms with Crippen molar-refractivity contribution in [3.8, 4) is 0 Å². The van der Waals surface area contributed by atoms with Crippen molar-refractivity contribution in [3.63, 3.8) is 0 Å². The number of nitrogens with zero attached hydrogens (tertiary/aromatic N) is 4. The topological polar surface area (TPSA) is 116 Å². The largest absolute Gasteiger partial charge is 0.626 e. The lowest BCUT2D eigenvalue weighted by Gasteiger charge is -2.35. The lowest BCUT2D eigenvalue weighted by atomic mass is 10.1. The number of anilines is 1. The summed E-state index contributed by atoms with van der Waals surface area (Å²) in [6.07, 6.45) is 15.6. The minimum absolute atomic E-state index is 0.203. The predicted octanol–water partition coefficient (Wildman–Crippen LogP) is 4.03. The number of hydrogen-bond donors (Lipinski definition) is 1. The average Bonchev–Trinajstić information content (AvgIpc) is 2.91. The maximum Gasteiger partial charge on any atom is 0.345 e. The minimum atomic E-state index is -0.731. The van der Waals surface area contributed by atoms with Gasteiger partial charge in [0.2, 0.25) is 0 Å². The Balaban J connectivity index is 1.46. The van der Waals surface area contributed by atoms with Gasteiger partial charge in [-0.2, -0.15) is 0 Å². The van der Waals surface area contributed by atoms with E-state index in [1.54, 1.807) is 12.3 Å². The van der Waals surface area contributed by atoms with Gasteiger partial charge in [0.15, 0.2) is 0 Å². The lowest BCUT2D eigenvalue weighted by molar-refractivity contribution is -0.757. The molecule has 1 N–H and O–H groups in total. The minimum Gasteiger partial charge on any atom is -0.626 e. The highest BCUT2D eigenvalue weighted by Crippen LogP contribution is 2.14. The molecule has 0 saturated carbocycles. The van der Waals surface area contributed by atoms with Crippen LogP contribution in [0.1, 0.15) is 101 Å². The van der Waals surface area contributed by atoms with Gasteiger partial charge in [0.1, 0.15) is 5.82 Å². The number of unbranched alkanes of at least 4 members (excludes halogenated alkanes) is 11. The Morgan fingerprint density at radius 3 is 2.03 bits per heavy atom. The molecule has 1 aromatic rings. The number of pyridine rings is 1. The number of rotatable bonds is 20. The number of nitrogens with one attached hydrogen (secondary N) is 1. The van der Waals surface area contributed by atoms with Gasteiger partial charge in [-0.25, -0.2) is 9.78 Å². The van der Waals surface area contributed by atoms with Gasteiger partial charge in [0.25, 0.3) is 5.09 Å². The highest BCUT2D eigenvalue weighted by atomic mass is 16.9. The van der Waals surface area contributed by atoms with Crippen LogP contribution in [0.2, 0.25) is 0 Å². The quantitative estimate of drug-likeness (QED) is 0.155. The molecule has 37 heavy (non-hydrogen) atoms. The fourth-order valence-electron chi connectivity index (χ4n) is 4.79. The summed E-state index contributed by atoms with van der Waals surface area (Å²) in [5.41, 5.74) is 0.392. The van der Waals surface area contributed by atoms with Crippen LogP contribution in [-0.4, -0.2) is 66.8 Å². The van der Waals surface area contributed by atoms with Crippen molar-refractivity contribution in [1.82, 2.24) is 9.88 Å². The molecule has 1 fully saturated rings. The van der Waals surface area contributed by atoms with Gasteiger partial charge in [-0.3, -0.25) is 4.90 Å². The molecule has 1 saturated heterocycles. The zero-order valence-electron chi connectivity index (χ0n) is 22.7. The smallest absolute Gasteiger partial charge is 0.345 e. The van der Waals surface area contributed by atoms with Crippen LogP contribution in [-0.2, 0) is 4.84 Å². The molecule has 1 aliphatic heterocycles. The summed E-state index contributed by atoms with van der Waals surface area (Å²) in [7, 11) is 0. The molecule has 2 heterocycles. The number of quaternary nitrogens is 1. The molecule has 0 radical (unpaired) electrons. The Bertz CT molecular complexity index is 756. The van der Waals surface area contributed by atoms with Crippen molar-refractivity contribution in [1.29, 1.82) is 0 Å². The number of hydroxylamine groups is 2. The summed E-state index contributed by atoms with van der Waals surface area (Å²) < 4.78 is 0. The van der Waals surface area contributed by atoms with E-state index in [1.165, 1.54) is 44.9 Å². The first-order valence-electron chi connectivity index (χ1n) is 14.3. The molecular formula is C27H47N5O5. The molecule has 1 amide bonds. The van der Waals surface area contributed by atoms with E-state index in [2.05, 4.69) is 26.5 Å². The van der Waals surface area contributed by atoms with E-state index in [0.29, 0.717) is 12.1 Å². The first-order chi connectivity index (χ1) is 18.0. The second-order valence-electron chi connectivity index (χ2n) is 10.0. The maximum absolute atomic E-state index is 12.5. The van der Waals surface area contributed by atoms with Gasteiger partial charge in [0, 0.05) is 32.4 Å². The van der Waals surface area contributed by atoms with Crippen LogP contribution in [0.3, 0.4) is 0 Å². The number of aromatic nitrogens is 1. The van der Waals surface area contributed by atoms with E-state index in [-0.39, 0.29) is 11.7 Å². The van der Waals surface area contributed by atoms with Crippen LogP contribution in [0.25, 0.3) is 0 Å². The van der Waals surface area contributed by atoms with E-state index >= 15 is 0 Å². The van der Waals surface area contributed by atoms with E-state index in [4.69, 9.17) is 0 Å². The van der Waals surface area contributed by atoms with Gasteiger partial charge in [-0.05, 0) is 44.4 Å². The van der Waals surface area contributed by atoms with Crippen LogP contribution in [0.15, 0.2) is 18.3 Å². The Hall–Kier alpha value is -2.30. The fraction of sp³-hybridized carbons (Fsp3) is 0.778. The summed E-state index contributed by atoms with van der Waals surface area (Å²) in [6.45, 7) is 7.78. The summed E-state index contributed by atoms with van der Waals surface area (Å²) >= 11 is 0. The number of carbonyl (C=O) groups excluding carboxylic acids is 1. The van der Waals surface area contributed by atoms with E-state index in [1.807, 2.05) is 6.07 Å². The SMILES string of the molecule is CCCN1CCN(c2ccc(C(=O)[NH+]([O-])CCCCCCCCCCCCCCO[N+](=O)[O-])cn2)CC1. The van der Waals surface area contributed by atoms with Gasteiger partial charge in [0.05, 0.1) is 18.7 Å². The zero-order chi connectivity index (χ0) is 26.7. The van der Waals surface area contributed by atoms with Crippen molar-refractivity contribution in [2.24, 2.45) is 0 Å². The lowest BCUT2D eigenvalue weighted by Crippen LogP contribution is -3.10. The summed E-state index contributed by atoms with van der Waals surface area (Å²) in [5.74, 6) is 0.456. The van der Waals surface area contributed by atoms with E-state index < -0.39 is 11.0 Å². The average molecular weight is 522 g/mol. The predicted molar refractivity (Wildman–Crippen MR) is 145 cm³/mol. The van der Waals surface area contributed by atoms with Gasteiger partial charge in [-0.15, -0.1) is 10.1 Å². The maximum atomic E-state index is 12.5. The normalized spacial score (nSPS) is 15.0. The molecule has 10 heteroatoms. The Labute approximate surface area is 222 Å². The Morgan fingerprint density at radius 2 is 1.51 bits per heavy atom. The van der Waals surface area contributed by atoms with Crippen molar-refractivity contribution in [2.75, 3.05) is 50.8 Å². The third-order valence-corrected chi connectivity index (χ3v) is 6.99. The Kier molecular flexibility index (Phi) is 15.8. The number of amides is 1. The number of carbonyl (C=O) groups is 1. The number of piperazine rings is 1. The first kappa shape index (κ1) is 30.9.